The third kappa shape index (κ3) is 22.1. The Morgan fingerprint density at radius 2 is 1.26 bits per heavy atom. The van der Waals surface area contributed by atoms with Crippen molar-refractivity contribution in [3.63, 3.8) is 0 Å². The van der Waals surface area contributed by atoms with Crippen LogP contribution in [0.5, 0.6) is 0 Å². The molecule has 0 aromatic heterocycles. The van der Waals surface area contributed by atoms with Gasteiger partial charge in [0.25, 0.3) is 0 Å². The molecule has 0 saturated carbocycles. The summed E-state index contributed by atoms with van der Waals surface area (Å²) in [5.41, 5.74) is -0.474. The molecule has 0 bridgehead atoms. The molecule has 3 unspecified atom stereocenters. The van der Waals surface area contributed by atoms with Crippen LogP contribution in [0.25, 0.3) is 0 Å². The van der Waals surface area contributed by atoms with E-state index in [1.54, 1.807) is 4.90 Å². The lowest BCUT2D eigenvalue weighted by Crippen LogP contribution is -2.41. The fourth-order valence-corrected chi connectivity index (χ4v) is 3.49. The highest BCUT2D eigenvalue weighted by atomic mass is 16.7. The third-order valence-corrected chi connectivity index (χ3v) is 5.86. The second-order valence-corrected chi connectivity index (χ2v) is 9.21. The molecule has 0 aliphatic rings. The Bertz CT molecular complexity index is 552. The Labute approximate surface area is 234 Å². The van der Waals surface area contributed by atoms with Crippen molar-refractivity contribution in [2.45, 2.75) is 44.8 Å². The first-order valence-electron chi connectivity index (χ1n) is 13.6. The molecule has 0 fully saturated rings. The summed E-state index contributed by atoms with van der Waals surface area (Å²) in [4.78, 5) is 1.77. The molecule has 0 amide bonds. The van der Waals surface area contributed by atoms with Crippen LogP contribution in [0.3, 0.4) is 0 Å². The predicted molar refractivity (Wildman–Crippen MR) is 146 cm³/mol. The molecule has 0 aliphatic carbocycles. The van der Waals surface area contributed by atoms with Crippen LogP contribution < -0.4 is 0 Å². The number of hydrogen-bond donors (Lipinski definition) is 4. The van der Waals surface area contributed by atoms with Crippen molar-refractivity contribution < 1.29 is 53.6 Å². The highest BCUT2D eigenvalue weighted by Gasteiger charge is 2.30. The van der Waals surface area contributed by atoms with Gasteiger partial charge in [-0.3, -0.25) is 4.90 Å². The maximum atomic E-state index is 10.4. The molecule has 0 radical (unpaired) electrons. The van der Waals surface area contributed by atoms with Crippen LogP contribution in [-0.4, -0.2) is 137 Å². The highest BCUT2D eigenvalue weighted by molar-refractivity contribution is 4.78. The minimum Gasteiger partial charge on any atom is -0.476 e. The van der Waals surface area contributed by atoms with Crippen molar-refractivity contribution in [2.24, 2.45) is 5.41 Å². The topological polar surface area (TPSA) is 149 Å². The van der Waals surface area contributed by atoms with Crippen molar-refractivity contribution in [2.75, 3.05) is 99.3 Å². The normalized spacial score (nSPS) is 14.6. The monoisotopic (exact) mass is 567 g/mol. The maximum absolute atomic E-state index is 10.4. The number of ether oxygens (including phenoxy) is 7. The van der Waals surface area contributed by atoms with E-state index < -0.39 is 17.6 Å². The Morgan fingerprint density at radius 1 is 0.744 bits per heavy atom. The lowest BCUT2D eigenvalue weighted by atomic mass is 9.88. The smallest absolute Gasteiger partial charge is 0.188 e. The number of hydrogen-bond acceptors (Lipinski definition) is 12. The molecule has 0 aliphatic heterocycles. The molecule has 0 aromatic carbocycles. The molecular formula is C27H53NO11. The van der Waals surface area contributed by atoms with Gasteiger partial charge in [0.05, 0.1) is 84.2 Å². The van der Waals surface area contributed by atoms with E-state index in [1.165, 1.54) is 12.5 Å². The number of nitrogens with zero attached hydrogens (tertiary/aromatic N) is 1. The van der Waals surface area contributed by atoms with Gasteiger partial charge >= 0.3 is 0 Å². The van der Waals surface area contributed by atoms with Gasteiger partial charge in [0.1, 0.15) is 0 Å². The van der Waals surface area contributed by atoms with Crippen molar-refractivity contribution in [1.82, 2.24) is 4.90 Å². The number of aliphatic hydroxyl groups is 4. The predicted octanol–water partition coefficient (Wildman–Crippen LogP) is 0.880. The van der Waals surface area contributed by atoms with Crippen LogP contribution in [0.15, 0.2) is 25.7 Å². The molecule has 12 heteroatoms. The van der Waals surface area contributed by atoms with Gasteiger partial charge in [-0.2, -0.15) is 0 Å². The van der Waals surface area contributed by atoms with Crippen molar-refractivity contribution >= 4 is 0 Å². The Morgan fingerprint density at radius 3 is 1.79 bits per heavy atom. The van der Waals surface area contributed by atoms with E-state index in [0.717, 1.165) is 12.8 Å². The molecule has 12 nitrogen and oxygen atoms in total. The van der Waals surface area contributed by atoms with Crippen molar-refractivity contribution in [3.8, 4) is 0 Å². The average Bonchev–Trinajstić information content (AvgIpc) is 2.92. The summed E-state index contributed by atoms with van der Waals surface area (Å²) in [5.74, 6) is 0. The van der Waals surface area contributed by atoms with E-state index in [4.69, 9.17) is 43.4 Å². The van der Waals surface area contributed by atoms with Gasteiger partial charge < -0.3 is 53.6 Å². The number of unbranched alkanes of at least 4 members (excludes halogenated alkanes) is 1. The molecule has 3 atom stereocenters. The quantitative estimate of drug-likeness (QED) is 0.0535. The van der Waals surface area contributed by atoms with Gasteiger partial charge in [-0.25, -0.2) is 0 Å². The van der Waals surface area contributed by atoms with E-state index in [9.17, 15) is 10.2 Å². The summed E-state index contributed by atoms with van der Waals surface area (Å²) in [5, 5.41) is 38.9. The van der Waals surface area contributed by atoms with Gasteiger partial charge in [-0.1, -0.05) is 20.1 Å². The molecule has 0 rings (SSSR count). The minimum absolute atomic E-state index is 0.0590. The van der Waals surface area contributed by atoms with E-state index >= 15 is 0 Å². The highest BCUT2D eigenvalue weighted by Crippen LogP contribution is 2.24. The van der Waals surface area contributed by atoms with Crippen LogP contribution in [-0.2, 0) is 33.2 Å². The van der Waals surface area contributed by atoms with E-state index in [2.05, 4.69) is 13.2 Å². The SMILES string of the molecule is C=COCOCCCCOCC(CC)(COCC(O)CCOCOC=C)COCC(O)CN(CCO)CCO. The van der Waals surface area contributed by atoms with Crippen LogP contribution in [0.2, 0.25) is 0 Å². The fraction of sp³-hybridized carbons (Fsp3) is 0.852. The number of aliphatic hydroxyl groups excluding tert-OH is 4. The van der Waals surface area contributed by atoms with Gasteiger partial charge in [-0.05, 0) is 25.7 Å². The Kier molecular flexibility index (Phi) is 26.0. The van der Waals surface area contributed by atoms with Gasteiger partial charge in [0.2, 0.25) is 0 Å². The van der Waals surface area contributed by atoms with Crippen LogP contribution >= 0.6 is 0 Å². The second-order valence-electron chi connectivity index (χ2n) is 9.21. The molecule has 0 saturated heterocycles. The fourth-order valence-electron chi connectivity index (χ4n) is 3.49. The minimum atomic E-state index is -0.781. The third-order valence-electron chi connectivity index (χ3n) is 5.86. The summed E-state index contributed by atoms with van der Waals surface area (Å²) >= 11 is 0. The standard InChI is InChI=1S/C27H53NO11/c1-4-27(20-35-14-7-8-15-36-23-33-5-2,21-38-18-25(31)9-16-37-24-34-6-3)22-39-19-26(32)17-28(10-12-29)11-13-30/h5-6,25-26,29-32H,2-4,7-24H2,1H3. The zero-order valence-electron chi connectivity index (χ0n) is 23.8. The van der Waals surface area contributed by atoms with Crippen molar-refractivity contribution in [3.05, 3.63) is 25.7 Å². The molecule has 4 N–H and O–H groups in total. The van der Waals surface area contributed by atoms with Gasteiger partial charge in [-0.15, -0.1) is 0 Å². The lowest BCUT2D eigenvalue weighted by molar-refractivity contribution is -0.0976. The molecule has 0 spiro atoms. The van der Waals surface area contributed by atoms with E-state index in [0.29, 0.717) is 65.6 Å². The van der Waals surface area contributed by atoms with Crippen LogP contribution in [0.1, 0.15) is 32.6 Å². The molecule has 0 heterocycles. The summed E-state index contributed by atoms with van der Waals surface area (Å²) < 4.78 is 38.1. The molecule has 39 heavy (non-hydrogen) atoms. The first kappa shape index (κ1) is 37.7. The lowest BCUT2D eigenvalue weighted by Gasteiger charge is -2.33. The first-order valence-corrected chi connectivity index (χ1v) is 13.6. The Balaban J connectivity index is 4.70. The largest absolute Gasteiger partial charge is 0.476 e. The van der Waals surface area contributed by atoms with E-state index in [1.807, 2.05) is 6.92 Å². The molecule has 232 valence electrons. The zero-order chi connectivity index (χ0) is 29.0. The summed E-state index contributed by atoms with van der Waals surface area (Å²) in [6.07, 6.45) is 3.89. The van der Waals surface area contributed by atoms with Gasteiger partial charge in [0.15, 0.2) is 13.6 Å². The first-order chi connectivity index (χ1) is 19.0. The van der Waals surface area contributed by atoms with Gasteiger partial charge in [0, 0.05) is 31.7 Å². The van der Waals surface area contributed by atoms with Crippen LogP contribution in [0, 0.1) is 5.41 Å². The summed E-state index contributed by atoms with van der Waals surface area (Å²) in [7, 11) is 0. The van der Waals surface area contributed by atoms with E-state index in [-0.39, 0.29) is 46.6 Å². The molecule has 0 aromatic rings. The zero-order valence-corrected chi connectivity index (χ0v) is 23.8. The second kappa shape index (κ2) is 26.9. The Hall–Kier alpha value is -1.32. The number of rotatable bonds is 31. The average molecular weight is 568 g/mol. The van der Waals surface area contributed by atoms with Crippen LogP contribution in [0.4, 0.5) is 0 Å². The molecular weight excluding hydrogens is 514 g/mol. The summed E-state index contributed by atoms with van der Waals surface area (Å²) in [6.45, 7) is 12.7. The summed E-state index contributed by atoms with van der Waals surface area (Å²) in [6, 6.07) is 0. The van der Waals surface area contributed by atoms with Crippen molar-refractivity contribution in [1.29, 1.82) is 0 Å². The maximum Gasteiger partial charge on any atom is 0.188 e.